The molecule has 1 aromatic rings. The first kappa shape index (κ1) is 13.7. The van der Waals surface area contributed by atoms with Crippen molar-refractivity contribution in [2.24, 2.45) is 5.92 Å². The van der Waals surface area contributed by atoms with E-state index in [1.165, 1.54) is 24.1 Å². The standard InChI is InChI=1S/C13H23NOS/c1-11(10-15-3)9-12(14-2)6-7-13-5-4-8-16-13/h4-5,8,11-12,14H,6-7,9-10H2,1-3H3. The maximum Gasteiger partial charge on any atom is 0.0488 e. The summed E-state index contributed by atoms with van der Waals surface area (Å²) >= 11 is 1.85. The monoisotopic (exact) mass is 241 g/mol. The van der Waals surface area contributed by atoms with Gasteiger partial charge in [-0.05, 0) is 43.7 Å². The number of ether oxygens (including phenoxy) is 1. The van der Waals surface area contributed by atoms with Crippen molar-refractivity contribution in [3.05, 3.63) is 22.4 Å². The van der Waals surface area contributed by atoms with Crippen LogP contribution in [0, 0.1) is 5.92 Å². The van der Waals surface area contributed by atoms with E-state index in [1.807, 2.05) is 11.3 Å². The molecule has 0 amide bonds. The highest BCUT2D eigenvalue weighted by Crippen LogP contribution is 2.15. The van der Waals surface area contributed by atoms with Gasteiger partial charge in [-0.25, -0.2) is 0 Å². The predicted octanol–water partition coefficient (Wildman–Crippen LogP) is 2.94. The van der Waals surface area contributed by atoms with Crippen molar-refractivity contribution in [3.8, 4) is 0 Å². The molecule has 0 saturated heterocycles. The van der Waals surface area contributed by atoms with Gasteiger partial charge in [0.25, 0.3) is 0 Å². The van der Waals surface area contributed by atoms with Crippen molar-refractivity contribution in [1.29, 1.82) is 0 Å². The second kappa shape index (κ2) is 7.82. The van der Waals surface area contributed by atoms with E-state index < -0.39 is 0 Å². The smallest absolute Gasteiger partial charge is 0.0488 e. The minimum atomic E-state index is 0.604. The van der Waals surface area contributed by atoms with Crippen LogP contribution in [-0.2, 0) is 11.2 Å². The zero-order valence-corrected chi connectivity index (χ0v) is 11.3. The molecule has 92 valence electrons. The van der Waals surface area contributed by atoms with Gasteiger partial charge in [0, 0.05) is 24.6 Å². The van der Waals surface area contributed by atoms with Crippen molar-refractivity contribution < 1.29 is 4.74 Å². The molecular formula is C13H23NOS. The molecule has 1 N–H and O–H groups in total. The Balaban J connectivity index is 2.26. The van der Waals surface area contributed by atoms with Gasteiger partial charge >= 0.3 is 0 Å². The summed E-state index contributed by atoms with van der Waals surface area (Å²) in [6.45, 7) is 3.11. The van der Waals surface area contributed by atoms with Gasteiger partial charge in [-0.3, -0.25) is 0 Å². The predicted molar refractivity (Wildman–Crippen MR) is 71.1 cm³/mol. The molecule has 0 aliphatic rings. The fourth-order valence-electron chi connectivity index (χ4n) is 1.99. The summed E-state index contributed by atoms with van der Waals surface area (Å²) < 4.78 is 5.17. The number of aryl methyl sites for hydroxylation is 1. The van der Waals surface area contributed by atoms with Crippen molar-refractivity contribution in [2.45, 2.75) is 32.2 Å². The molecule has 1 heterocycles. The summed E-state index contributed by atoms with van der Waals surface area (Å²) in [5, 5.41) is 5.55. The average Bonchev–Trinajstić information content (AvgIpc) is 2.77. The molecule has 2 atom stereocenters. The van der Waals surface area contributed by atoms with Gasteiger partial charge in [0.2, 0.25) is 0 Å². The molecule has 0 aliphatic carbocycles. The van der Waals surface area contributed by atoms with Gasteiger partial charge in [0.15, 0.2) is 0 Å². The van der Waals surface area contributed by atoms with Crippen molar-refractivity contribution in [1.82, 2.24) is 5.32 Å². The zero-order chi connectivity index (χ0) is 11.8. The normalized spacial score (nSPS) is 14.9. The summed E-state index contributed by atoms with van der Waals surface area (Å²) in [6, 6.07) is 4.95. The van der Waals surface area contributed by atoms with Crippen LogP contribution in [0.15, 0.2) is 17.5 Å². The quantitative estimate of drug-likeness (QED) is 0.755. The molecule has 3 heteroatoms. The minimum Gasteiger partial charge on any atom is -0.384 e. The van der Waals surface area contributed by atoms with Gasteiger partial charge in [-0.2, -0.15) is 0 Å². The Bertz CT molecular complexity index is 261. The first-order valence-corrected chi connectivity index (χ1v) is 6.82. The van der Waals surface area contributed by atoms with Crippen LogP contribution in [0.25, 0.3) is 0 Å². The molecule has 0 spiro atoms. The third-order valence-electron chi connectivity index (χ3n) is 2.87. The van der Waals surface area contributed by atoms with Crippen molar-refractivity contribution in [3.63, 3.8) is 0 Å². The Morgan fingerprint density at radius 3 is 2.88 bits per heavy atom. The number of hydrogen-bond donors (Lipinski definition) is 1. The van der Waals surface area contributed by atoms with E-state index in [2.05, 4.69) is 36.8 Å². The lowest BCUT2D eigenvalue weighted by atomic mass is 9.99. The van der Waals surface area contributed by atoms with Crippen LogP contribution in [-0.4, -0.2) is 26.8 Å². The molecule has 0 bridgehead atoms. The zero-order valence-electron chi connectivity index (χ0n) is 10.5. The van der Waals surface area contributed by atoms with E-state index in [0.29, 0.717) is 12.0 Å². The molecular weight excluding hydrogens is 218 g/mol. The van der Waals surface area contributed by atoms with Gasteiger partial charge in [0.1, 0.15) is 0 Å². The number of nitrogens with one attached hydrogen (secondary N) is 1. The van der Waals surface area contributed by atoms with Crippen LogP contribution in [0.2, 0.25) is 0 Å². The number of hydrogen-bond acceptors (Lipinski definition) is 3. The fraction of sp³-hybridized carbons (Fsp3) is 0.692. The van der Waals surface area contributed by atoms with Crippen molar-refractivity contribution in [2.75, 3.05) is 20.8 Å². The topological polar surface area (TPSA) is 21.3 Å². The summed E-state index contributed by atoms with van der Waals surface area (Å²) in [6.07, 6.45) is 3.59. The van der Waals surface area contributed by atoms with E-state index in [-0.39, 0.29) is 0 Å². The average molecular weight is 241 g/mol. The Morgan fingerprint density at radius 1 is 1.50 bits per heavy atom. The largest absolute Gasteiger partial charge is 0.384 e. The number of methoxy groups -OCH3 is 1. The van der Waals surface area contributed by atoms with E-state index in [0.717, 1.165) is 6.61 Å². The first-order valence-electron chi connectivity index (χ1n) is 5.94. The Kier molecular flexibility index (Phi) is 6.69. The summed E-state index contributed by atoms with van der Waals surface area (Å²) in [5.41, 5.74) is 0. The SMILES string of the molecule is CNC(CCc1cccs1)CC(C)COC. The van der Waals surface area contributed by atoms with E-state index in [9.17, 15) is 0 Å². The number of thiophene rings is 1. The first-order chi connectivity index (χ1) is 7.76. The lowest BCUT2D eigenvalue weighted by molar-refractivity contribution is 0.149. The van der Waals surface area contributed by atoms with Crippen LogP contribution in [0.1, 0.15) is 24.6 Å². The Morgan fingerprint density at radius 2 is 2.31 bits per heavy atom. The molecule has 0 aliphatic heterocycles. The maximum absolute atomic E-state index is 5.17. The Hall–Kier alpha value is -0.380. The van der Waals surface area contributed by atoms with Crippen LogP contribution in [0.5, 0.6) is 0 Å². The van der Waals surface area contributed by atoms with Gasteiger partial charge < -0.3 is 10.1 Å². The second-order valence-electron chi connectivity index (χ2n) is 4.40. The lowest BCUT2D eigenvalue weighted by Crippen LogP contribution is -2.28. The fourth-order valence-corrected chi connectivity index (χ4v) is 2.71. The number of rotatable bonds is 8. The van der Waals surface area contributed by atoms with E-state index in [1.54, 1.807) is 7.11 Å². The molecule has 0 fully saturated rings. The van der Waals surface area contributed by atoms with Crippen LogP contribution >= 0.6 is 11.3 Å². The summed E-state index contributed by atoms with van der Waals surface area (Å²) in [5.74, 6) is 0.630. The molecule has 0 saturated carbocycles. The third kappa shape index (κ3) is 5.10. The van der Waals surface area contributed by atoms with Crippen LogP contribution < -0.4 is 5.32 Å². The van der Waals surface area contributed by atoms with Crippen LogP contribution in [0.3, 0.4) is 0 Å². The van der Waals surface area contributed by atoms with E-state index >= 15 is 0 Å². The highest BCUT2D eigenvalue weighted by Gasteiger charge is 2.11. The molecule has 16 heavy (non-hydrogen) atoms. The molecule has 1 aromatic heterocycles. The van der Waals surface area contributed by atoms with Crippen LogP contribution in [0.4, 0.5) is 0 Å². The second-order valence-corrected chi connectivity index (χ2v) is 5.43. The summed E-state index contributed by atoms with van der Waals surface area (Å²) in [7, 11) is 3.83. The van der Waals surface area contributed by atoms with Gasteiger partial charge in [0.05, 0.1) is 0 Å². The highest BCUT2D eigenvalue weighted by molar-refractivity contribution is 7.09. The summed E-state index contributed by atoms with van der Waals surface area (Å²) in [4.78, 5) is 1.49. The van der Waals surface area contributed by atoms with E-state index in [4.69, 9.17) is 4.74 Å². The molecule has 0 aromatic carbocycles. The molecule has 1 rings (SSSR count). The Labute approximate surface area is 103 Å². The molecule has 0 radical (unpaired) electrons. The molecule has 2 nitrogen and oxygen atoms in total. The molecule has 2 unspecified atom stereocenters. The highest BCUT2D eigenvalue weighted by atomic mass is 32.1. The van der Waals surface area contributed by atoms with Gasteiger partial charge in [-0.1, -0.05) is 13.0 Å². The van der Waals surface area contributed by atoms with Gasteiger partial charge in [-0.15, -0.1) is 11.3 Å². The maximum atomic E-state index is 5.17. The third-order valence-corrected chi connectivity index (χ3v) is 3.80. The van der Waals surface area contributed by atoms with Crippen molar-refractivity contribution >= 4 is 11.3 Å². The minimum absolute atomic E-state index is 0.604. The lowest BCUT2D eigenvalue weighted by Gasteiger charge is -2.19.